The second-order valence-corrected chi connectivity index (χ2v) is 15.9. The predicted octanol–water partition coefficient (Wildman–Crippen LogP) is 7.59. The third-order valence-electron chi connectivity index (χ3n) is 12.6. The quantitative estimate of drug-likeness (QED) is 0.136. The van der Waals surface area contributed by atoms with Gasteiger partial charge in [0.25, 0.3) is 0 Å². The molecule has 8 nitrogen and oxygen atoms in total. The Morgan fingerprint density at radius 1 is 1.04 bits per heavy atom. The van der Waals surface area contributed by atoms with Gasteiger partial charge in [-0.15, -0.1) is 0 Å². The van der Waals surface area contributed by atoms with Gasteiger partial charge in [0.05, 0.1) is 6.10 Å². The summed E-state index contributed by atoms with van der Waals surface area (Å²) in [6, 6.07) is 7.70. The monoisotopic (exact) mass is 641 g/mol. The van der Waals surface area contributed by atoms with Gasteiger partial charge in [0.15, 0.2) is 6.04 Å². The Labute approximate surface area is 269 Å². The molecule has 8 unspecified atom stereocenters. The Balaban J connectivity index is 1.23. The molecule has 3 fully saturated rings. The van der Waals surface area contributed by atoms with Crippen LogP contribution in [0.2, 0.25) is 0 Å². The number of rotatable bonds is 10. The van der Waals surface area contributed by atoms with Crippen molar-refractivity contribution in [3.8, 4) is 0 Å². The molecule has 3 N–H and O–H groups in total. The summed E-state index contributed by atoms with van der Waals surface area (Å²) < 4.78 is 37.0. The minimum Gasteiger partial charge on any atom is -0.479 e. The standard InChI is InChI=1S/C36H51NO7S/c1-22(24(3)33(38)37-32(34(39)40)25-9-7-6-8-10-25)11-12-23(2)29-15-16-30-28-14-13-26-21-27(44-45(41,42)43)17-19-35(26,4)31(28)18-20-36(29,30)5/h6-10,23,26-27,29,31-32H,11-21H2,1-5H3,(H,37,38)(H,39,40)(H,41,42,43). The van der Waals surface area contributed by atoms with Crippen LogP contribution in [0.1, 0.15) is 117 Å². The molecule has 1 amide bonds. The van der Waals surface area contributed by atoms with Crippen LogP contribution in [0.15, 0.2) is 52.6 Å². The molecule has 9 heteroatoms. The number of aliphatic carboxylic acids is 1. The van der Waals surface area contributed by atoms with Gasteiger partial charge in [-0.05, 0) is 125 Å². The van der Waals surface area contributed by atoms with Crippen molar-refractivity contribution in [2.45, 2.75) is 117 Å². The molecule has 0 aromatic heterocycles. The van der Waals surface area contributed by atoms with E-state index in [9.17, 15) is 27.7 Å². The summed E-state index contributed by atoms with van der Waals surface area (Å²) in [5.74, 6) is 0.605. The van der Waals surface area contributed by atoms with Gasteiger partial charge in [-0.1, -0.05) is 67.8 Å². The number of hydrogen-bond acceptors (Lipinski definition) is 5. The molecule has 8 atom stereocenters. The molecule has 4 aliphatic carbocycles. The van der Waals surface area contributed by atoms with Crippen LogP contribution >= 0.6 is 0 Å². The number of carbonyl (C=O) groups is 2. The molecule has 4 aliphatic rings. The van der Waals surface area contributed by atoms with Crippen molar-refractivity contribution in [3.63, 3.8) is 0 Å². The van der Waals surface area contributed by atoms with Crippen molar-refractivity contribution >= 4 is 22.3 Å². The zero-order valence-electron chi connectivity index (χ0n) is 27.5. The topological polar surface area (TPSA) is 130 Å². The van der Waals surface area contributed by atoms with Crippen molar-refractivity contribution in [1.82, 2.24) is 5.32 Å². The fraction of sp³-hybridized carbons (Fsp3) is 0.667. The first kappa shape index (κ1) is 33.9. The number of allylic oxidation sites excluding steroid dienone is 3. The Morgan fingerprint density at radius 3 is 2.42 bits per heavy atom. The molecular weight excluding hydrogens is 590 g/mol. The number of nitrogens with one attached hydrogen (secondary N) is 1. The highest BCUT2D eigenvalue weighted by Gasteiger charge is 2.56. The second kappa shape index (κ2) is 13.0. The maximum absolute atomic E-state index is 13.1. The Hall–Kier alpha value is -2.49. The van der Waals surface area contributed by atoms with E-state index >= 15 is 0 Å². The Morgan fingerprint density at radius 2 is 1.76 bits per heavy atom. The summed E-state index contributed by atoms with van der Waals surface area (Å²) in [7, 11) is -4.43. The first-order chi connectivity index (χ1) is 21.1. The molecule has 45 heavy (non-hydrogen) atoms. The van der Waals surface area contributed by atoms with E-state index < -0.39 is 28.5 Å². The molecule has 0 aliphatic heterocycles. The lowest BCUT2D eigenvalue weighted by atomic mass is 9.49. The fourth-order valence-corrected chi connectivity index (χ4v) is 10.4. The van der Waals surface area contributed by atoms with E-state index in [2.05, 4.69) is 26.1 Å². The normalized spacial score (nSPS) is 33.3. The van der Waals surface area contributed by atoms with Gasteiger partial charge in [-0.25, -0.2) is 8.98 Å². The number of hydrogen-bond donors (Lipinski definition) is 3. The van der Waals surface area contributed by atoms with Crippen LogP contribution in [-0.2, 0) is 24.2 Å². The number of benzene rings is 1. The van der Waals surface area contributed by atoms with Crippen LogP contribution < -0.4 is 5.32 Å². The molecule has 3 saturated carbocycles. The second-order valence-electron chi connectivity index (χ2n) is 14.9. The summed E-state index contributed by atoms with van der Waals surface area (Å²) in [5.41, 5.74) is 5.84. The largest absolute Gasteiger partial charge is 0.479 e. The first-order valence-electron chi connectivity index (χ1n) is 16.8. The van der Waals surface area contributed by atoms with Crippen LogP contribution in [0.4, 0.5) is 0 Å². The fourth-order valence-electron chi connectivity index (χ4n) is 9.86. The van der Waals surface area contributed by atoms with Crippen molar-refractivity contribution in [3.05, 3.63) is 58.2 Å². The van der Waals surface area contributed by atoms with Gasteiger partial charge >= 0.3 is 16.4 Å². The number of fused-ring (bicyclic) bond motifs is 4. The molecular formula is C36H51NO7S. The predicted molar refractivity (Wildman–Crippen MR) is 173 cm³/mol. The molecule has 1 aromatic rings. The minimum atomic E-state index is -4.43. The highest BCUT2D eigenvalue weighted by molar-refractivity contribution is 7.80. The molecule has 0 bridgehead atoms. The number of carboxylic acids is 1. The van der Waals surface area contributed by atoms with E-state index in [1.165, 1.54) is 19.3 Å². The zero-order valence-corrected chi connectivity index (χ0v) is 28.3. The van der Waals surface area contributed by atoms with Gasteiger partial charge in [0.2, 0.25) is 5.91 Å². The van der Waals surface area contributed by atoms with Crippen molar-refractivity contribution < 1.29 is 31.8 Å². The van der Waals surface area contributed by atoms with Crippen LogP contribution in [0, 0.1) is 34.5 Å². The summed E-state index contributed by atoms with van der Waals surface area (Å²) in [6.07, 6.45) is 10.4. The Bertz CT molecular complexity index is 1470. The van der Waals surface area contributed by atoms with E-state index in [4.69, 9.17) is 4.18 Å². The van der Waals surface area contributed by atoms with Crippen LogP contribution in [-0.4, -0.2) is 36.1 Å². The number of carbonyl (C=O) groups excluding carboxylic acids is 1. The summed E-state index contributed by atoms with van der Waals surface area (Å²) in [6.45, 7) is 11.0. The van der Waals surface area contributed by atoms with Crippen molar-refractivity contribution in [1.29, 1.82) is 0 Å². The van der Waals surface area contributed by atoms with Gasteiger partial charge in [0.1, 0.15) is 0 Å². The molecule has 248 valence electrons. The average Bonchev–Trinajstić information content (AvgIpc) is 3.35. The van der Waals surface area contributed by atoms with Gasteiger partial charge in [0, 0.05) is 5.57 Å². The zero-order chi connectivity index (χ0) is 32.7. The molecule has 0 spiro atoms. The third-order valence-corrected chi connectivity index (χ3v) is 13.1. The Kier molecular flexibility index (Phi) is 9.75. The SMILES string of the molecule is CC(CCC(C)C1CCC2=C3CCC4CC(OS(=O)(=O)O)CCC4(C)C3CCC21C)=C(C)C(=O)NC(C(=O)O)c1ccccc1. The maximum Gasteiger partial charge on any atom is 0.397 e. The van der Waals surface area contributed by atoms with Crippen LogP contribution in [0.5, 0.6) is 0 Å². The lowest BCUT2D eigenvalue weighted by Gasteiger charge is -2.57. The van der Waals surface area contributed by atoms with Gasteiger partial charge < -0.3 is 10.4 Å². The molecule has 0 heterocycles. The molecule has 5 rings (SSSR count). The van der Waals surface area contributed by atoms with Crippen LogP contribution in [0.3, 0.4) is 0 Å². The highest BCUT2D eigenvalue weighted by atomic mass is 32.3. The van der Waals surface area contributed by atoms with Crippen LogP contribution in [0.25, 0.3) is 0 Å². The van der Waals surface area contributed by atoms with Gasteiger partial charge in [-0.2, -0.15) is 8.42 Å². The van der Waals surface area contributed by atoms with Gasteiger partial charge in [-0.3, -0.25) is 9.35 Å². The average molecular weight is 642 g/mol. The van der Waals surface area contributed by atoms with Crippen molar-refractivity contribution in [2.24, 2.45) is 34.5 Å². The molecule has 0 radical (unpaired) electrons. The lowest BCUT2D eigenvalue weighted by molar-refractivity contribution is -0.141. The minimum absolute atomic E-state index is 0.144. The van der Waals surface area contributed by atoms with E-state index in [1.807, 2.05) is 13.0 Å². The third kappa shape index (κ3) is 6.82. The summed E-state index contributed by atoms with van der Waals surface area (Å²) >= 11 is 0. The summed E-state index contributed by atoms with van der Waals surface area (Å²) in [5, 5.41) is 12.4. The molecule has 1 aromatic carbocycles. The van der Waals surface area contributed by atoms with E-state index in [0.717, 1.165) is 44.1 Å². The summed E-state index contributed by atoms with van der Waals surface area (Å²) in [4.78, 5) is 25.0. The number of amides is 1. The smallest absolute Gasteiger partial charge is 0.397 e. The number of carboxylic acid groups (broad SMARTS) is 1. The maximum atomic E-state index is 13.1. The molecule has 0 saturated heterocycles. The van der Waals surface area contributed by atoms with E-state index in [0.29, 0.717) is 47.6 Å². The first-order valence-corrected chi connectivity index (χ1v) is 18.1. The van der Waals surface area contributed by atoms with E-state index in [-0.39, 0.29) is 16.7 Å². The van der Waals surface area contributed by atoms with E-state index in [1.54, 1.807) is 42.3 Å². The van der Waals surface area contributed by atoms with Crippen molar-refractivity contribution in [2.75, 3.05) is 0 Å². The highest BCUT2D eigenvalue weighted by Crippen LogP contribution is 2.66. The lowest BCUT2D eigenvalue weighted by Crippen LogP contribution is -2.48.